The van der Waals surface area contributed by atoms with Gasteiger partial charge in [0.25, 0.3) is 5.91 Å². The standard InChI is InChI=1S/C21H18BrFN2O3/c1-2-27-20-10-15(21(26)25-18-7-6-16(22)11-17(18)23)5-8-19(20)28-13-14-4-3-9-24-12-14/h3-12H,2,13H2,1H3,(H,25,26). The molecule has 1 aromatic heterocycles. The number of benzene rings is 2. The highest BCUT2D eigenvalue weighted by atomic mass is 79.9. The highest BCUT2D eigenvalue weighted by molar-refractivity contribution is 9.10. The third-order valence-electron chi connectivity index (χ3n) is 3.80. The summed E-state index contributed by atoms with van der Waals surface area (Å²) in [6, 6.07) is 13.0. The minimum Gasteiger partial charge on any atom is -0.490 e. The summed E-state index contributed by atoms with van der Waals surface area (Å²) in [7, 11) is 0. The minimum absolute atomic E-state index is 0.100. The molecule has 5 nitrogen and oxygen atoms in total. The van der Waals surface area contributed by atoms with E-state index in [0.29, 0.717) is 34.7 Å². The van der Waals surface area contributed by atoms with Crippen LogP contribution in [-0.2, 0) is 6.61 Å². The third kappa shape index (κ3) is 5.07. The van der Waals surface area contributed by atoms with Crippen LogP contribution in [0.2, 0.25) is 0 Å². The van der Waals surface area contributed by atoms with Gasteiger partial charge in [-0.1, -0.05) is 22.0 Å². The van der Waals surface area contributed by atoms with Crippen LogP contribution < -0.4 is 14.8 Å². The third-order valence-corrected chi connectivity index (χ3v) is 4.30. The molecule has 144 valence electrons. The van der Waals surface area contributed by atoms with Crippen LogP contribution in [0, 0.1) is 5.82 Å². The Hall–Kier alpha value is -2.93. The van der Waals surface area contributed by atoms with E-state index in [-0.39, 0.29) is 5.69 Å². The van der Waals surface area contributed by atoms with E-state index in [1.807, 2.05) is 19.1 Å². The quantitative estimate of drug-likeness (QED) is 0.542. The Morgan fingerprint density at radius 2 is 2.00 bits per heavy atom. The number of hydrogen-bond donors (Lipinski definition) is 1. The first-order valence-electron chi connectivity index (χ1n) is 8.61. The number of rotatable bonds is 7. The molecule has 3 aromatic rings. The number of nitrogens with zero attached hydrogens (tertiary/aromatic N) is 1. The van der Waals surface area contributed by atoms with Gasteiger partial charge >= 0.3 is 0 Å². The molecule has 0 aliphatic heterocycles. The van der Waals surface area contributed by atoms with Gasteiger partial charge in [0, 0.05) is 28.0 Å². The molecule has 0 radical (unpaired) electrons. The average molecular weight is 445 g/mol. The van der Waals surface area contributed by atoms with Gasteiger partial charge in [-0.2, -0.15) is 0 Å². The Labute approximate surface area is 170 Å². The summed E-state index contributed by atoms with van der Waals surface area (Å²) >= 11 is 3.19. The van der Waals surface area contributed by atoms with Crippen LogP contribution in [0.3, 0.4) is 0 Å². The maximum atomic E-state index is 14.0. The van der Waals surface area contributed by atoms with Crippen molar-refractivity contribution in [3.8, 4) is 11.5 Å². The number of halogens is 2. The lowest BCUT2D eigenvalue weighted by atomic mass is 10.1. The number of hydrogen-bond acceptors (Lipinski definition) is 4. The van der Waals surface area contributed by atoms with Gasteiger partial charge in [0.2, 0.25) is 0 Å². The Kier molecular flexibility index (Phi) is 6.60. The molecular weight excluding hydrogens is 427 g/mol. The van der Waals surface area contributed by atoms with Crippen LogP contribution in [0.25, 0.3) is 0 Å². The van der Waals surface area contributed by atoms with Gasteiger partial charge in [-0.15, -0.1) is 0 Å². The zero-order valence-electron chi connectivity index (χ0n) is 15.1. The molecule has 1 heterocycles. The summed E-state index contributed by atoms with van der Waals surface area (Å²) in [6.07, 6.45) is 3.41. The van der Waals surface area contributed by atoms with Crippen molar-refractivity contribution in [2.24, 2.45) is 0 Å². The average Bonchev–Trinajstić information content (AvgIpc) is 2.70. The fourth-order valence-electron chi connectivity index (χ4n) is 2.47. The zero-order valence-corrected chi connectivity index (χ0v) is 16.7. The molecule has 7 heteroatoms. The van der Waals surface area contributed by atoms with Crippen LogP contribution in [0.1, 0.15) is 22.8 Å². The molecule has 0 aliphatic rings. The molecule has 1 N–H and O–H groups in total. The number of nitrogens with one attached hydrogen (secondary N) is 1. The zero-order chi connectivity index (χ0) is 19.9. The van der Waals surface area contributed by atoms with Crippen molar-refractivity contribution in [3.63, 3.8) is 0 Å². The normalized spacial score (nSPS) is 10.4. The Morgan fingerprint density at radius 1 is 1.14 bits per heavy atom. The van der Waals surface area contributed by atoms with E-state index in [0.717, 1.165) is 5.56 Å². The minimum atomic E-state index is -0.524. The van der Waals surface area contributed by atoms with Crippen LogP contribution in [0.5, 0.6) is 11.5 Å². The first-order valence-corrected chi connectivity index (χ1v) is 9.41. The predicted octanol–water partition coefficient (Wildman–Crippen LogP) is 5.21. The fraction of sp³-hybridized carbons (Fsp3) is 0.143. The van der Waals surface area contributed by atoms with E-state index < -0.39 is 11.7 Å². The van der Waals surface area contributed by atoms with Crippen LogP contribution in [-0.4, -0.2) is 17.5 Å². The summed E-state index contributed by atoms with van der Waals surface area (Å²) in [4.78, 5) is 16.6. The Bertz CT molecular complexity index is 967. The summed E-state index contributed by atoms with van der Waals surface area (Å²) in [5.74, 6) is -0.0161. The lowest BCUT2D eigenvalue weighted by molar-refractivity contribution is 0.102. The summed E-state index contributed by atoms with van der Waals surface area (Å²) < 4.78 is 26.0. The number of amides is 1. The summed E-state index contributed by atoms with van der Waals surface area (Å²) in [6.45, 7) is 2.58. The first kappa shape index (κ1) is 19.8. The van der Waals surface area contributed by atoms with Crippen LogP contribution in [0.4, 0.5) is 10.1 Å². The van der Waals surface area contributed by atoms with Crippen molar-refractivity contribution < 1.29 is 18.7 Å². The molecule has 0 saturated carbocycles. The van der Waals surface area contributed by atoms with E-state index >= 15 is 0 Å². The van der Waals surface area contributed by atoms with E-state index in [2.05, 4.69) is 26.2 Å². The van der Waals surface area contributed by atoms with Gasteiger partial charge < -0.3 is 14.8 Å². The van der Waals surface area contributed by atoms with Gasteiger partial charge in [0.05, 0.1) is 12.3 Å². The Morgan fingerprint density at radius 3 is 2.71 bits per heavy atom. The maximum Gasteiger partial charge on any atom is 0.255 e. The van der Waals surface area contributed by atoms with Gasteiger partial charge in [-0.05, 0) is 49.4 Å². The van der Waals surface area contributed by atoms with Crippen molar-refractivity contribution in [3.05, 3.63) is 82.3 Å². The molecule has 28 heavy (non-hydrogen) atoms. The topological polar surface area (TPSA) is 60.5 Å². The van der Waals surface area contributed by atoms with Crippen molar-refractivity contribution in [1.29, 1.82) is 0 Å². The van der Waals surface area contributed by atoms with Crippen LogP contribution in [0.15, 0.2) is 65.4 Å². The number of carbonyl (C=O) groups excluding carboxylic acids is 1. The summed E-state index contributed by atoms with van der Waals surface area (Å²) in [5.41, 5.74) is 1.35. The first-order chi connectivity index (χ1) is 13.6. The fourth-order valence-corrected chi connectivity index (χ4v) is 2.80. The SMILES string of the molecule is CCOc1cc(C(=O)Nc2ccc(Br)cc2F)ccc1OCc1cccnc1. The van der Waals surface area contributed by atoms with Crippen LogP contribution >= 0.6 is 15.9 Å². The molecule has 0 unspecified atom stereocenters. The molecule has 0 atom stereocenters. The second kappa shape index (κ2) is 9.32. The van der Waals surface area contributed by atoms with Crippen molar-refractivity contribution in [2.75, 3.05) is 11.9 Å². The van der Waals surface area contributed by atoms with Gasteiger partial charge in [-0.25, -0.2) is 4.39 Å². The lowest BCUT2D eigenvalue weighted by Gasteiger charge is -2.14. The molecule has 1 amide bonds. The molecule has 0 bridgehead atoms. The van der Waals surface area contributed by atoms with E-state index in [1.54, 1.807) is 36.7 Å². The number of carbonyl (C=O) groups is 1. The van der Waals surface area contributed by atoms with Gasteiger partial charge in [0.1, 0.15) is 12.4 Å². The lowest BCUT2D eigenvalue weighted by Crippen LogP contribution is -2.13. The van der Waals surface area contributed by atoms with Crippen molar-refractivity contribution >= 4 is 27.5 Å². The molecule has 2 aromatic carbocycles. The highest BCUT2D eigenvalue weighted by Crippen LogP contribution is 2.30. The molecule has 0 spiro atoms. The number of ether oxygens (including phenoxy) is 2. The van der Waals surface area contributed by atoms with E-state index in [1.165, 1.54) is 12.1 Å². The number of aromatic nitrogens is 1. The Balaban J connectivity index is 1.76. The maximum absolute atomic E-state index is 14.0. The second-order valence-corrected chi connectivity index (χ2v) is 6.74. The van der Waals surface area contributed by atoms with Crippen molar-refractivity contribution in [1.82, 2.24) is 4.98 Å². The van der Waals surface area contributed by atoms with Crippen molar-refractivity contribution in [2.45, 2.75) is 13.5 Å². The number of pyridine rings is 1. The number of anilines is 1. The van der Waals surface area contributed by atoms with E-state index in [9.17, 15) is 9.18 Å². The monoisotopic (exact) mass is 444 g/mol. The predicted molar refractivity (Wildman–Crippen MR) is 108 cm³/mol. The largest absolute Gasteiger partial charge is 0.490 e. The molecular formula is C21H18BrFN2O3. The molecule has 0 fully saturated rings. The molecule has 0 aliphatic carbocycles. The summed E-state index contributed by atoms with van der Waals surface area (Å²) in [5, 5.41) is 2.56. The smallest absolute Gasteiger partial charge is 0.255 e. The second-order valence-electron chi connectivity index (χ2n) is 5.82. The highest BCUT2D eigenvalue weighted by Gasteiger charge is 2.14. The van der Waals surface area contributed by atoms with Gasteiger partial charge in [0.15, 0.2) is 11.5 Å². The molecule has 0 saturated heterocycles. The van der Waals surface area contributed by atoms with E-state index in [4.69, 9.17) is 9.47 Å². The molecule has 3 rings (SSSR count). The van der Waals surface area contributed by atoms with Gasteiger partial charge in [-0.3, -0.25) is 9.78 Å².